The smallest absolute Gasteiger partial charge is 0.255 e. The lowest BCUT2D eigenvalue weighted by molar-refractivity contribution is -0.128. The van der Waals surface area contributed by atoms with E-state index >= 15 is 0 Å². The lowest BCUT2D eigenvalue weighted by Crippen LogP contribution is -2.61. The molecule has 1 N–H and O–H groups in total. The number of aromatic nitrogens is 2. The zero-order valence-corrected chi connectivity index (χ0v) is 16.4. The van der Waals surface area contributed by atoms with Crippen molar-refractivity contribution in [3.8, 4) is 0 Å². The maximum atomic E-state index is 12.6. The Balaban J connectivity index is 1.23. The minimum Gasteiger partial charge on any atom is -0.350 e. The number of amides is 2. The van der Waals surface area contributed by atoms with Gasteiger partial charge in [0.2, 0.25) is 5.91 Å². The SMILES string of the molecule is CC(C)C1CCC(C(=O)NC2CN(C(=O)c3cnnc(C4CC4)c3)C2)CC1. The summed E-state index contributed by atoms with van der Waals surface area (Å²) in [6.45, 7) is 5.73. The second-order valence-electron chi connectivity index (χ2n) is 8.91. The predicted octanol–water partition coefficient (Wildman–Crippen LogP) is 2.76. The Hall–Kier alpha value is -1.98. The van der Waals surface area contributed by atoms with Crippen molar-refractivity contribution in [2.24, 2.45) is 17.8 Å². The molecular weight excluding hydrogens is 340 g/mol. The molecule has 2 aliphatic carbocycles. The summed E-state index contributed by atoms with van der Waals surface area (Å²) < 4.78 is 0. The average molecular weight is 370 g/mol. The molecule has 0 bridgehead atoms. The Labute approximate surface area is 161 Å². The van der Waals surface area contributed by atoms with Gasteiger partial charge in [-0.25, -0.2) is 0 Å². The molecule has 0 aromatic carbocycles. The molecular formula is C21H30N4O2. The monoisotopic (exact) mass is 370 g/mol. The van der Waals surface area contributed by atoms with E-state index in [9.17, 15) is 9.59 Å². The van der Waals surface area contributed by atoms with Crippen molar-refractivity contribution < 1.29 is 9.59 Å². The van der Waals surface area contributed by atoms with Crippen molar-refractivity contribution in [3.05, 3.63) is 23.5 Å². The summed E-state index contributed by atoms with van der Waals surface area (Å²) in [5.41, 5.74) is 1.55. The van der Waals surface area contributed by atoms with Gasteiger partial charge in [-0.1, -0.05) is 13.8 Å². The van der Waals surface area contributed by atoms with Crippen LogP contribution in [0.25, 0.3) is 0 Å². The van der Waals surface area contributed by atoms with Gasteiger partial charge < -0.3 is 10.2 Å². The second kappa shape index (κ2) is 7.56. The van der Waals surface area contributed by atoms with Crippen LogP contribution in [0.3, 0.4) is 0 Å². The van der Waals surface area contributed by atoms with Crippen LogP contribution in [0.4, 0.5) is 0 Å². The number of rotatable bonds is 5. The minimum absolute atomic E-state index is 0.00487. The van der Waals surface area contributed by atoms with Crippen molar-refractivity contribution in [2.75, 3.05) is 13.1 Å². The molecule has 1 saturated heterocycles. The standard InChI is InChI=1S/C21H30N4O2/c1-13(2)14-3-7-16(8-4-14)20(26)23-18-11-25(12-18)21(27)17-9-19(15-5-6-15)24-22-10-17/h9-10,13-16,18H,3-8,11-12H2,1-2H3,(H,23,26). The van der Waals surface area contributed by atoms with Crippen LogP contribution in [0, 0.1) is 17.8 Å². The molecule has 0 spiro atoms. The highest BCUT2D eigenvalue weighted by molar-refractivity contribution is 5.94. The fourth-order valence-electron chi connectivity index (χ4n) is 4.36. The van der Waals surface area contributed by atoms with Crippen molar-refractivity contribution in [1.82, 2.24) is 20.4 Å². The summed E-state index contributed by atoms with van der Waals surface area (Å²) >= 11 is 0. The van der Waals surface area contributed by atoms with Crippen molar-refractivity contribution in [2.45, 2.75) is 64.3 Å². The maximum absolute atomic E-state index is 12.6. The van der Waals surface area contributed by atoms with E-state index in [0.717, 1.165) is 50.1 Å². The number of carbonyl (C=O) groups excluding carboxylic acids is 2. The van der Waals surface area contributed by atoms with E-state index in [0.29, 0.717) is 30.5 Å². The van der Waals surface area contributed by atoms with Gasteiger partial charge >= 0.3 is 0 Å². The Kier molecular flexibility index (Phi) is 5.15. The van der Waals surface area contributed by atoms with Crippen molar-refractivity contribution >= 4 is 11.8 Å². The quantitative estimate of drug-likeness (QED) is 0.865. The third-order valence-electron chi connectivity index (χ3n) is 6.52. The summed E-state index contributed by atoms with van der Waals surface area (Å²) in [5, 5.41) is 11.3. The number of hydrogen-bond donors (Lipinski definition) is 1. The lowest BCUT2D eigenvalue weighted by atomic mass is 9.76. The third-order valence-corrected chi connectivity index (χ3v) is 6.52. The van der Waals surface area contributed by atoms with E-state index in [2.05, 4.69) is 29.4 Å². The third kappa shape index (κ3) is 4.14. The number of likely N-dealkylation sites (tertiary alicyclic amines) is 1. The van der Waals surface area contributed by atoms with Crippen LogP contribution < -0.4 is 5.32 Å². The van der Waals surface area contributed by atoms with E-state index in [1.165, 1.54) is 0 Å². The molecule has 3 aliphatic rings. The summed E-state index contributed by atoms with van der Waals surface area (Å²) in [7, 11) is 0. The number of nitrogens with zero attached hydrogens (tertiary/aromatic N) is 3. The Morgan fingerprint density at radius 3 is 2.44 bits per heavy atom. The van der Waals surface area contributed by atoms with E-state index < -0.39 is 0 Å². The first-order valence-electron chi connectivity index (χ1n) is 10.4. The molecule has 0 atom stereocenters. The van der Waals surface area contributed by atoms with Crippen LogP contribution in [-0.4, -0.2) is 46.0 Å². The van der Waals surface area contributed by atoms with Crippen molar-refractivity contribution in [3.63, 3.8) is 0 Å². The first-order valence-corrected chi connectivity index (χ1v) is 10.4. The van der Waals surface area contributed by atoms with Gasteiger partial charge in [0.25, 0.3) is 5.91 Å². The summed E-state index contributed by atoms with van der Waals surface area (Å²) in [5.74, 6) is 2.28. The molecule has 0 radical (unpaired) electrons. The molecule has 1 aliphatic heterocycles. The zero-order valence-electron chi connectivity index (χ0n) is 16.4. The van der Waals surface area contributed by atoms with Gasteiger partial charge in [0.05, 0.1) is 23.5 Å². The molecule has 1 aromatic rings. The highest BCUT2D eigenvalue weighted by Gasteiger charge is 2.35. The van der Waals surface area contributed by atoms with Crippen LogP contribution >= 0.6 is 0 Å². The molecule has 2 saturated carbocycles. The van der Waals surface area contributed by atoms with Gasteiger partial charge in [0.15, 0.2) is 0 Å². The number of carbonyl (C=O) groups is 2. The molecule has 2 amide bonds. The lowest BCUT2D eigenvalue weighted by Gasteiger charge is -2.40. The number of nitrogens with one attached hydrogen (secondary N) is 1. The molecule has 6 nitrogen and oxygen atoms in total. The average Bonchev–Trinajstić information content (AvgIpc) is 3.49. The van der Waals surface area contributed by atoms with Gasteiger partial charge in [0, 0.05) is 24.9 Å². The molecule has 1 aromatic heterocycles. The van der Waals surface area contributed by atoms with E-state index in [1.54, 1.807) is 11.1 Å². The molecule has 6 heteroatoms. The molecule has 146 valence electrons. The minimum atomic E-state index is -0.00487. The van der Waals surface area contributed by atoms with Crippen LogP contribution in [0.15, 0.2) is 12.3 Å². The molecule has 27 heavy (non-hydrogen) atoms. The maximum Gasteiger partial charge on any atom is 0.255 e. The van der Waals surface area contributed by atoms with E-state index in [-0.39, 0.29) is 23.8 Å². The first-order chi connectivity index (χ1) is 13.0. The van der Waals surface area contributed by atoms with Crippen LogP contribution in [0.5, 0.6) is 0 Å². The Morgan fingerprint density at radius 2 is 1.81 bits per heavy atom. The van der Waals surface area contributed by atoms with E-state index in [1.807, 2.05) is 6.07 Å². The topological polar surface area (TPSA) is 75.2 Å². The zero-order chi connectivity index (χ0) is 19.0. The highest BCUT2D eigenvalue weighted by Crippen LogP contribution is 2.39. The van der Waals surface area contributed by atoms with Gasteiger partial charge in [-0.05, 0) is 56.4 Å². The van der Waals surface area contributed by atoms with Crippen LogP contribution in [0.2, 0.25) is 0 Å². The summed E-state index contributed by atoms with van der Waals surface area (Å²) in [6.07, 6.45) is 8.14. The van der Waals surface area contributed by atoms with Crippen LogP contribution in [0.1, 0.15) is 74.3 Å². The van der Waals surface area contributed by atoms with E-state index in [4.69, 9.17) is 0 Å². The summed E-state index contributed by atoms with van der Waals surface area (Å²) in [4.78, 5) is 26.9. The molecule has 0 unspecified atom stereocenters. The largest absolute Gasteiger partial charge is 0.350 e. The van der Waals surface area contributed by atoms with Gasteiger partial charge in [0.1, 0.15) is 0 Å². The fraction of sp³-hybridized carbons (Fsp3) is 0.714. The fourth-order valence-corrected chi connectivity index (χ4v) is 4.36. The molecule has 2 heterocycles. The molecule has 3 fully saturated rings. The van der Waals surface area contributed by atoms with Gasteiger partial charge in [-0.2, -0.15) is 10.2 Å². The normalized spacial score (nSPS) is 26.0. The Bertz CT molecular complexity index is 702. The van der Waals surface area contributed by atoms with Crippen molar-refractivity contribution in [1.29, 1.82) is 0 Å². The molecule has 4 rings (SSSR count). The Morgan fingerprint density at radius 1 is 1.11 bits per heavy atom. The predicted molar refractivity (Wildman–Crippen MR) is 102 cm³/mol. The van der Waals surface area contributed by atoms with Gasteiger partial charge in [-0.15, -0.1) is 0 Å². The highest BCUT2D eigenvalue weighted by atomic mass is 16.2. The second-order valence-corrected chi connectivity index (χ2v) is 8.91. The number of hydrogen-bond acceptors (Lipinski definition) is 4. The summed E-state index contributed by atoms with van der Waals surface area (Å²) in [6, 6.07) is 1.97. The van der Waals surface area contributed by atoms with Crippen LogP contribution in [-0.2, 0) is 4.79 Å². The first kappa shape index (κ1) is 18.4. The van der Waals surface area contributed by atoms with Gasteiger partial charge in [-0.3, -0.25) is 9.59 Å².